The van der Waals surface area contributed by atoms with Crippen LogP contribution in [0.15, 0.2) is 24.3 Å². The van der Waals surface area contributed by atoms with Crippen LogP contribution >= 0.6 is 10.3 Å². The van der Waals surface area contributed by atoms with E-state index in [1.807, 2.05) is 19.2 Å². The van der Waals surface area contributed by atoms with E-state index in [2.05, 4.69) is 38.2 Å². The Morgan fingerprint density at radius 2 is 1.74 bits per heavy atom. The van der Waals surface area contributed by atoms with Crippen LogP contribution in [0.25, 0.3) is 0 Å². The van der Waals surface area contributed by atoms with E-state index in [1.54, 1.807) is 19.1 Å². The topological polar surface area (TPSA) is 38.8 Å². The number of likely N-dealkylation sites (N-methyl/N-ethyl adjacent to an activating group) is 1. The molecule has 4 nitrogen and oxygen atoms in total. The summed E-state index contributed by atoms with van der Waals surface area (Å²) in [5, 5.41) is 0. The van der Waals surface area contributed by atoms with Crippen LogP contribution < -0.4 is 4.90 Å². The zero-order chi connectivity index (χ0) is 17.7. The zero-order valence-corrected chi connectivity index (χ0v) is 16.3. The lowest BCUT2D eigenvalue weighted by atomic mass is 10.2. The van der Waals surface area contributed by atoms with Gasteiger partial charge in [0.05, 0.1) is 18.8 Å². The lowest BCUT2D eigenvalue weighted by molar-refractivity contribution is 0.0526. The number of carbonyl (C=O) groups is 1. The highest BCUT2D eigenvalue weighted by Crippen LogP contribution is 2.53. The van der Waals surface area contributed by atoms with Crippen molar-refractivity contribution >= 4 is 22.0 Å². The molecule has 0 saturated heterocycles. The highest BCUT2D eigenvalue weighted by Gasteiger charge is 2.28. The second-order valence-corrected chi connectivity index (χ2v) is 10.8. The van der Waals surface area contributed by atoms with Crippen molar-refractivity contribution < 1.29 is 13.7 Å². The molecule has 0 bridgehead atoms. The number of rotatable bonds is 7. The van der Waals surface area contributed by atoms with Crippen molar-refractivity contribution in [3.05, 3.63) is 29.8 Å². The predicted octanol–water partition coefficient (Wildman–Crippen LogP) is 4.09. The van der Waals surface area contributed by atoms with Crippen LogP contribution in [-0.4, -0.2) is 50.0 Å². The van der Waals surface area contributed by atoms with Gasteiger partial charge in [-0.1, -0.05) is 20.8 Å². The molecule has 0 spiro atoms. The molecule has 0 aliphatic rings. The lowest BCUT2D eigenvalue weighted by Crippen LogP contribution is -2.29. The maximum absolute atomic E-state index is 11.6. The Labute approximate surface area is 142 Å². The lowest BCUT2D eigenvalue weighted by Gasteiger charge is -2.44. The van der Waals surface area contributed by atoms with Gasteiger partial charge in [0.1, 0.15) is 0 Å². The Morgan fingerprint density at radius 1 is 1.17 bits per heavy atom. The fraction of sp³-hybridized carbons (Fsp3) is 0.611. The number of nitrogens with zero attached hydrogens (tertiary/aromatic N) is 1. The maximum atomic E-state index is 11.6. The Kier molecular flexibility index (Phi) is 6.96. The molecule has 0 heterocycles. The molecule has 0 saturated carbocycles. The van der Waals surface area contributed by atoms with Gasteiger partial charge in [-0.15, -0.1) is 10.3 Å². The second kappa shape index (κ2) is 8.06. The molecule has 0 N–H and O–H groups in total. The first-order chi connectivity index (χ1) is 10.6. The van der Waals surface area contributed by atoms with Gasteiger partial charge in [-0.3, -0.25) is 0 Å². The van der Waals surface area contributed by atoms with Gasteiger partial charge in [-0.05, 0) is 43.7 Å². The summed E-state index contributed by atoms with van der Waals surface area (Å²) >= 11 is 0. The Hall–Kier alpha value is -1.20. The van der Waals surface area contributed by atoms with Crippen LogP contribution in [0.2, 0.25) is 0 Å². The maximum Gasteiger partial charge on any atom is 0.338 e. The minimum absolute atomic E-state index is 0.173. The molecule has 5 heteroatoms. The Bertz CT molecular complexity index is 506. The summed E-state index contributed by atoms with van der Waals surface area (Å²) in [4.78, 5) is 13.8. The third-order valence-corrected chi connectivity index (χ3v) is 7.80. The van der Waals surface area contributed by atoms with Crippen molar-refractivity contribution in [2.24, 2.45) is 0 Å². The molecule has 1 rings (SSSR count). The van der Waals surface area contributed by atoms with Gasteiger partial charge in [0.15, 0.2) is 0 Å². The van der Waals surface area contributed by atoms with Gasteiger partial charge < -0.3 is 13.8 Å². The van der Waals surface area contributed by atoms with Crippen molar-refractivity contribution in [1.29, 1.82) is 0 Å². The monoisotopic (exact) mass is 341 g/mol. The van der Waals surface area contributed by atoms with Crippen molar-refractivity contribution in [1.82, 2.24) is 0 Å². The smallest absolute Gasteiger partial charge is 0.338 e. The van der Waals surface area contributed by atoms with E-state index in [-0.39, 0.29) is 10.7 Å². The first-order valence-corrected chi connectivity index (χ1v) is 10.3. The number of hydrogen-bond donors (Lipinski definition) is 0. The highest BCUT2D eigenvalue weighted by atomic mass is 32.3. The summed E-state index contributed by atoms with van der Waals surface area (Å²) in [6.07, 6.45) is 4.42. The Balaban J connectivity index is 2.56. The molecule has 132 valence electrons. The molecule has 1 aromatic carbocycles. The Morgan fingerprint density at radius 3 is 2.22 bits per heavy atom. The molecule has 0 aliphatic heterocycles. The van der Waals surface area contributed by atoms with E-state index in [0.717, 1.165) is 12.2 Å². The van der Waals surface area contributed by atoms with Gasteiger partial charge in [-0.2, -0.15) is 0 Å². The number of ether oxygens (including phenoxy) is 1. The normalized spacial score (nSPS) is 12.8. The molecular weight excluding hydrogens is 310 g/mol. The molecular formula is C18H31NO3S. The van der Waals surface area contributed by atoms with Crippen molar-refractivity contribution in [2.75, 3.05) is 44.2 Å². The van der Waals surface area contributed by atoms with Crippen LogP contribution in [0.4, 0.5) is 5.69 Å². The summed E-state index contributed by atoms with van der Waals surface area (Å²) in [6.45, 7) is 10.4. The van der Waals surface area contributed by atoms with Crippen LogP contribution in [0.5, 0.6) is 0 Å². The minimum atomic E-state index is -1.09. The number of esters is 1. The van der Waals surface area contributed by atoms with E-state index in [1.165, 1.54) is 0 Å². The van der Waals surface area contributed by atoms with E-state index >= 15 is 0 Å². The average Bonchev–Trinajstić information content (AvgIpc) is 2.46. The average molecular weight is 342 g/mol. The van der Waals surface area contributed by atoms with Gasteiger partial charge in [-0.25, -0.2) is 4.79 Å². The van der Waals surface area contributed by atoms with Crippen LogP contribution in [0.3, 0.4) is 0 Å². The van der Waals surface area contributed by atoms with E-state index in [9.17, 15) is 4.79 Å². The summed E-state index contributed by atoms with van der Waals surface area (Å²) in [6, 6.07) is 7.48. The molecule has 0 radical (unpaired) electrons. The molecule has 0 unspecified atom stereocenters. The standard InChI is InChI=1S/C18H31NO3S/c1-8-21-17(20)15-9-11-16(12-10-15)19(5)13-14-22-23(6,7)18(2,3)4/h9-12H,8,13-14H2,1-7H3. The summed E-state index contributed by atoms with van der Waals surface area (Å²) in [7, 11) is 0.942. The molecule has 0 fully saturated rings. The SMILES string of the molecule is CCOC(=O)c1ccc(N(C)CCOS(C)(C)C(C)(C)C)cc1. The summed E-state index contributed by atoms with van der Waals surface area (Å²) in [5.74, 6) is -0.277. The van der Waals surface area contributed by atoms with Crippen LogP contribution in [0.1, 0.15) is 38.1 Å². The van der Waals surface area contributed by atoms with Gasteiger partial charge in [0.25, 0.3) is 0 Å². The summed E-state index contributed by atoms with van der Waals surface area (Å²) in [5.41, 5.74) is 1.64. The van der Waals surface area contributed by atoms with Crippen molar-refractivity contribution in [3.8, 4) is 0 Å². The number of carbonyl (C=O) groups excluding carboxylic acids is 1. The molecule has 0 aromatic heterocycles. The third-order valence-electron chi connectivity index (χ3n) is 4.10. The minimum Gasteiger partial charge on any atom is -0.462 e. The molecule has 0 aliphatic carbocycles. The van der Waals surface area contributed by atoms with E-state index < -0.39 is 10.3 Å². The molecule has 0 amide bonds. The largest absolute Gasteiger partial charge is 0.462 e. The van der Waals surface area contributed by atoms with Crippen molar-refractivity contribution in [3.63, 3.8) is 0 Å². The van der Waals surface area contributed by atoms with E-state index in [0.29, 0.717) is 18.8 Å². The van der Waals surface area contributed by atoms with Crippen molar-refractivity contribution in [2.45, 2.75) is 32.4 Å². The number of anilines is 1. The second-order valence-electron chi connectivity index (χ2n) is 6.86. The third kappa shape index (κ3) is 5.74. The number of benzene rings is 1. The fourth-order valence-corrected chi connectivity index (χ4v) is 2.60. The first-order valence-electron chi connectivity index (χ1n) is 7.94. The quantitative estimate of drug-likeness (QED) is 0.700. The van der Waals surface area contributed by atoms with Gasteiger partial charge in [0.2, 0.25) is 0 Å². The van der Waals surface area contributed by atoms with E-state index in [4.69, 9.17) is 8.92 Å². The van der Waals surface area contributed by atoms with Gasteiger partial charge >= 0.3 is 5.97 Å². The van der Waals surface area contributed by atoms with Crippen LogP contribution in [-0.2, 0) is 8.92 Å². The number of hydrogen-bond acceptors (Lipinski definition) is 4. The fourth-order valence-electron chi connectivity index (χ4n) is 1.75. The molecule has 0 atom stereocenters. The summed E-state index contributed by atoms with van der Waals surface area (Å²) < 4.78 is 11.3. The zero-order valence-electron chi connectivity index (χ0n) is 15.5. The van der Waals surface area contributed by atoms with Crippen LogP contribution in [0, 0.1) is 0 Å². The van der Waals surface area contributed by atoms with Gasteiger partial charge in [0, 0.05) is 24.0 Å². The predicted molar refractivity (Wildman–Crippen MR) is 101 cm³/mol. The highest BCUT2D eigenvalue weighted by molar-refractivity contribution is 8.29. The molecule has 23 heavy (non-hydrogen) atoms. The molecule has 1 aromatic rings. The first kappa shape index (κ1) is 19.8.